The summed E-state index contributed by atoms with van der Waals surface area (Å²) in [6, 6.07) is 5.63. The number of ether oxygens (including phenoxy) is 1. The molecule has 1 heterocycles. The van der Waals surface area contributed by atoms with Crippen LogP contribution in [-0.4, -0.2) is 23.2 Å². The molecule has 0 fully saturated rings. The van der Waals surface area contributed by atoms with Crippen molar-refractivity contribution in [1.29, 1.82) is 0 Å². The number of anilines is 1. The average molecular weight is 259 g/mol. The van der Waals surface area contributed by atoms with Crippen LogP contribution in [0.25, 0.3) is 0 Å². The van der Waals surface area contributed by atoms with E-state index in [4.69, 9.17) is 4.74 Å². The molecule has 2 aromatic rings. The topological polar surface area (TPSA) is 67.0 Å². The van der Waals surface area contributed by atoms with Crippen LogP contribution >= 0.6 is 0 Å². The Bertz CT molecular complexity index is 598. The summed E-state index contributed by atoms with van der Waals surface area (Å²) in [6.45, 7) is 5.59. The van der Waals surface area contributed by atoms with E-state index in [0.29, 0.717) is 22.7 Å². The van der Waals surface area contributed by atoms with Crippen LogP contribution in [0.3, 0.4) is 0 Å². The van der Waals surface area contributed by atoms with Crippen LogP contribution in [0.15, 0.2) is 18.2 Å². The van der Waals surface area contributed by atoms with Gasteiger partial charge in [-0.05, 0) is 38.5 Å². The van der Waals surface area contributed by atoms with E-state index >= 15 is 0 Å². The standard InChI is InChI=1S/C14H17N3O2/c1-8-5-6-11(12(7-8)19-4)15-14(18)13-9(2)16-17-10(13)3/h5-7H,1-4H3,(H,15,18)(H,16,17). The summed E-state index contributed by atoms with van der Waals surface area (Å²) in [7, 11) is 1.58. The molecule has 0 aliphatic carbocycles. The van der Waals surface area contributed by atoms with Crippen molar-refractivity contribution < 1.29 is 9.53 Å². The van der Waals surface area contributed by atoms with Crippen molar-refractivity contribution in [3.8, 4) is 5.75 Å². The monoisotopic (exact) mass is 259 g/mol. The molecule has 0 unspecified atom stereocenters. The van der Waals surface area contributed by atoms with Gasteiger partial charge in [-0.1, -0.05) is 6.07 Å². The van der Waals surface area contributed by atoms with E-state index in [1.807, 2.05) is 32.0 Å². The van der Waals surface area contributed by atoms with Crippen molar-refractivity contribution >= 4 is 11.6 Å². The van der Waals surface area contributed by atoms with Gasteiger partial charge in [0.15, 0.2) is 0 Å². The van der Waals surface area contributed by atoms with Crippen LogP contribution in [0.2, 0.25) is 0 Å². The highest BCUT2D eigenvalue weighted by Crippen LogP contribution is 2.26. The molecule has 0 bridgehead atoms. The predicted molar refractivity (Wildman–Crippen MR) is 73.7 cm³/mol. The Labute approximate surface area is 112 Å². The number of carbonyl (C=O) groups excluding carboxylic acids is 1. The summed E-state index contributed by atoms with van der Waals surface area (Å²) in [6.07, 6.45) is 0. The molecule has 0 saturated heterocycles. The van der Waals surface area contributed by atoms with E-state index in [2.05, 4.69) is 15.5 Å². The molecule has 0 spiro atoms. The number of aromatic nitrogens is 2. The predicted octanol–water partition coefficient (Wildman–Crippen LogP) is 2.60. The number of methoxy groups -OCH3 is 1. The van der Waals surface area contributed by atoms with Crippen LogP contribution in [-0.2, 0) is 0 Å². The third-order valence-electron chi connectivity index (χ3n) is 2.96. The number of aryl methyl sites for hydroxylation is 3. The zero-order valence-corrected chi connectivity index (χ0v) is 11.5. The lowest BCUT2D eigenvalue weighted by molar-refractivity contribution is 0.102. The zero-order valence-electron chi connectivity index (χ0n) is 11.5. The lowest BCUT2D eigenvalue weighted by atomic mass is 10.1. The van der Waals surface area contributed by atoms with E-state index in [0.717, 1.165) is 11.3 Å². The first kappa shape index (κ1) is 13.1. The first-order valence-electron chi connectivity index (χ1n) is 6.00. The molecule has 0 saturated carbocycles. The number of hydrogen-bond acceptors (Lipinski definition) is 3. The van der Waals surface area contributed by atoms with E-state index in [1.165, 1.54) is 0 Å². The molecule has 0 atom stereocenters. The number of benzene rings is 1. The minimum absolute atomic E-state index is 0.189. The highest BCUT2D eigenvalue weighted by atomic mass is 16.5. The van der Waals surface area contributed by atoms with E-state index in [-0.39, 0.29) is 5.91 Å². The molecular weight excluding hydrogens is 242 g/mol. The molecular formula is C14H17N3O2. The fourth-order valence-corrected chi connectivity index (χ4v) is 1.97. The molecule has 0 radical (unpaired) electrons. The number of nitrogens with one attached hydrogen (secondary N) is 2. The number of aromatic amines is 1. The zero-order chi connectivity index (χ0) is 14.0. The number of amides is 1. The summed E-state index contributed by atoms with van der Waals surface area (Å²) in [5.74, 6) is 0.457. The third kappa shape index (κ3) is 2.59. The summed E-state index contributed by atoms with van der Waals surface area (Å²) in [4.78, 5) is 12.2. The number of H-pyrrole nitrogens is 1. The van der Waals surface area contributed by atoms with Gasteiger partial charge in [0.05, 0.1) is 24.1 Å². The fourth-order valence-electron chi connectivity index (χ4n) is 1.97. The maximum Gasteiger partial charge on any atom is 0.259 e. The molecule has 1 amide bonds. The smallest absolute Gasteiger partial charge is 0.259 e. The maximum atomic E-state index is 12.2. The number of nitrogens with zero attached hydrogens (tertiary/aromatic N) is 1. The lowest BCUT2D eigenvalue weighted by Gasteiger charge is -2.11. The minimum atomic E-state index is -0.189. The van der Waals surface area contributed by atoms with Gasteiger partial charge in [0.25, 0.3) is 5.91 Å². The summed E-state index contributed by atoms with van der Waals surface area (Å²) < 4.78 is 5.27. The Hall–Kier alpha value is -2.30. The molecule has 5 heteroatoms. The Morgan fingerprint density at radius 1 is 1.32 bits per heavy atom. The lowest BCUT2D eigenvalue weighted by Crippen LogP contribution is -2.14. The van der Waals surface area contributed by atoms with Crippen LogP contribution in [0.1, 0.15) is 27.3 Å². The molecule has 2 rings (SSSR count). The SMILES string of the molecule is COc1cc(C)ccc1NC(=O)c1c(C)n[nH]c1C. The van der Waals surface area contributed by atoms with Gasteiger partial charge in [-0.25, -0.2) is 0 Å². The molecule has 2 N–H and O–H groups in total. The van der Waals surface area contributed by atoms with E-state index in [9.17, 15) is 4.79 Å². The fraction of sp³-hybridized carbons (Fsp3) is 0.286. The minimum Gasteiger partial charge on any atom is -0.495 e. The Balaban J connectivity index is 2.29. The Morgan fingerprint density at radius 3 is 2.63 bits per heavy atom. The maximum absolute atomic E-state index is 12.2. The van der Waals surface area contributed by atoms with Crippen molar-refractivity contribution in [2.24, 2.45) is 0 Å². The van der Waals surface area contributed by atoms with Crippen LogP contribution < -0.4 is 10.1 Å². The van der Waals surface area contributed by atoms with Gasteiger partial charge in [0.2, 0.25) is 0 Å². The van der Waals surface area contributed by atoms with Gasteiger partial charge in [-0.15, -0.1) is 0 Å². The van der Waals surface area contributed by atoms with Crippen molar-refractivity contribution in [3.63, 3.8) is 0 Å². The second kappa shape index (κ2) is 5.14. The quantitative estimate of drug-likeness (QED) is 0.890. The highest BCUT2D eigenvalue weighted by Gasteiger charge is 2.16. The Kier molecular flexibility index (Phi) is 3.55. The van der Waals surface area contributed by atoms with E-state index < -0.39 is 0 Å². The molecule has 0 aliphatic heterocycles. The summed E-state index contributed by atoms with van der Waals surface area (Å²) in [5, 5.41) is 9.67. The third-order valence-corrected chi connectivity index (χ3v) is 2.96. The highest BCUT2D eigenvalue weighted by molar-refractivity contribution is 6.06. The average Bonchev–Trinajstić information content (AvgIpc) is 2.71. The summed E-state index contributed by atoms with van der Waals surface area (Å²) in [5.41, 5.74) is 3.73. The largest absolute Gasteiger partial charge is 0.495 e. The van der Waals surface area contributed by atoms with Gasteiger partial charge >= 0.3 is 0 Å². The van der Waals surface area contributed by atoms with Gasteiger partial charge in [-0.3, -0.25) is 9.89 Å². The first-order chi connectivity index (χ1) is 9.02. The first-order valence-corrected chi connectivity index (χ1v) is 6.00. The van der Waals surface area contributed by atoms with Gasteiger partial charge < -0.3 is 10.1 Å². The van der Waals surface area contributed by atoms with Gasteiger partial charge in [0, 0.05) is 5.69 Å². The molecule has 0 aliphatic rings. The normalized spacial score (nSPS) is 10.3. The van der Waals surface area contributed by atoms with Crippen molar-refractivity contribution in [1.82, 2.24) is 10.2 Å². The van der Waals surface area contributed by atoms with Crippen LogP contribution in [0, 0.1) is 20.8 Å². The van der Waals surface area contributed by atoms with E-state index in [1.54, 1.807) is 14.0 Å². The molecule has 1 aromatic heterocycles. The number of hydrogen-bond donors (Lipinski definition) is 2. The van der Waals surface area contributed by atoms with Gasteiger partial charge in [-0.2, -0.15) is 5.10 Å². The van der Waals surface area contributed by atoms with Crippen LogP contribution in [0.5, 0.6) is 5.75 Å². The second-order valence-electron chi connectivity index (χ2n) is 4.47. The van der Waals surface area contributed by atoms with Crippen LogP contribution in [0.4, 0.5) is 5.69 Å². The van der Waals surface area contributed by atoms with Crippen molar-refractivity contribution in [2.45, 2.75) is 20.8 Å². The molecule has 1 aromatic carbocycles. The molecule has 100 valence electrons. The van der Waals surface area contributed by atoms with Crippen molar-refractivity contribution in [2.75, 3.05) is 12.4 Å². The number of rotatable bonds is 3. The van der Waals surface area contributed by atoms with Crippen molar-refractivity contribution in [3.05, 3.63) is 40.7 Å². The van der Waals surface area contributed by atoms with Gasteiger partial charge in [0.1, 0.15) is 5.75 Å². The number of carbonyl (C=O) groups is 1. The summed E-state index contributed by atoms with van der Waals surface area (Å²) >= 11 is 0. The molecule has 19 heavy (non-hydrogen) atoms. The Morgan fingerprint density at radius 2 is 2.05 bits per heavy atom. The second-order valence-corrected chi connectivity index (χ2v) is 4.47. The molecule has 5 nitrogen and oxygen atoms in total.